The fourth-order valence-corrected chi connectivity index (χ4v) is 4.32. The second kappa shape index (κ2) is 7.90. The second-order valence-electron chi connectivity index (χ2n) is 6.15. The molecule has 6 heteroatoms. The Morgan fingerprint density at radius 1 is 0.958 bits per heavy atom. The van der Waals surface area contributed by atoms with Crippen molar-refractivity contribution in [2.75, 3.05) is 32.7 Å². The molecular weight excluding hydrogens is 322 g/mol. The van der Waals surface area contributed by atoms with Crippen molar-refractivity contribution < 1.29 is 18.6 Å². The highest BCUT2D eigenvalue weighted by Gasteiger charge is 2.28. The molecule has 1 heterocycles. The van der Waals surface area contributed by atoms with E-state index in [0.29, 0.717) is 11.4 Å². The summed E-state index contributed by atoms with van der Waals surface area (Å²) in [6, 6.07) is 18.9. The van der Waals surface area contributed by atoms with Crippen LogP contribution in [0.4, 0.5) is 0 Å². The molecule has 1 atom stereocenters. The molecule has 0 bridgehead atoms. The molecule has 4 N–H and O–H groups in total. The topological polar surface area (TPSA) is 67.2 Å². The molecular formula is C18H25N3O2S+2. The summed E-state index contributed by atoms with van der Waals surface area (Å²) in [6.45, 7) is 4.68. The van der Waals surface area contributed by atoms with Crippen LogP contribution in [0, 0.1) is 0 Å². The van der Waals surface area contributed by atoms with Crippen molar-refractivity contribution in [1.82, 2.24) is 4.72 Å². The van der Waals surface area contributed by atoms with Crippen molar-refractivity contribution in [2.45, 2.75) is 10.9 Å². The minimum atomic E-state index is -3.47. The quantitative estimate of drug-likeness (QED) is 0.638. The third-order valence-corrected chi connectivity index (χ3v) is 6.00. The van der Waals surface area contributed by atoms with E-state index in [2.05, 4.69) is 22.2 Å². The van der Waals surface area contributed by atoms with E-state index >= 15 is 0 Å². The lowest BCUT2D eigenvalue weighted by Crippen LogP contribution is -3.21. The van der Waals surface area contributed by atoms with Gasteiger partial charge >= 0.3 is 0 Å². The summed E-state index contributed by atoms with van der Waals surface area (Å²) in [5.41, 5.74) is 1.19. The van der Waals surface area contributed by atoms with Crippen LogP contribution in [0.3, 0.4) is 0 Å². The number of hydrogen-bond acceptors (Lipinski definition) is 2. The van der Waals surface area contributed by atoms with E-state index in [1.807, 2.05) is 24.3 Å². The number of rotatable bonds is 6. The van der Waals surface area contributed by atoms with Gasteiger partial charge in [0.25, 0.3) is 0 Å². The first kappa shape index (κ1) is 17.1. The summed E-state index contributed by atoms with van der Waals surface area (Å²) in [5, 5.41) is 2.32. The van der Waals surface area contributed by atoms with Gasteiger partial charge in [-0.2, -0.15) is 0 Å². The lowest BCUT2D eigenvalue weighted by atomic mass is 10.0. The van der Waals surface area contributed by atoms with Crippen LogP contribution < -0.4 is 14.9 Å². The van der Waals surface area contributed by atoms with Gasteiger partial charge < -0.3 is 10.2 Å². The SMILES string of the molecule is O=S(=O)(NC[C@@H](c1ccccc1)[NH+]1CC[NH2+]CC1)c1ccccc1. The Kier molecular flexibility index (Phi) is 5.63. The molecule has 3 rings (SSSR count). The number of benzene rings is 2. The van der Waals surface area contributed by atoms with Crippen molar-refractivity contribution in [3.05, 3.63) is 66.2 Å². The number of nitrogens with one attached hydrogen (secondary N) is 2. The van der Waals surface area contributed by atoms with Crippen LogP contribution in [0.15, 0.2) is 65.6 Å². The molecule has 2 aromatic carbocycles. The molecule has 5 nitrogen and oxygen atoms in total. The van der Waals surface area contributed by atoms with Crippen LogP contribution in [0.1, 0.15) is 11.6 Å². The van der Waals surface area contributed by atoms with Gasteiger partial charge in [-0.15, -0.1) is 0 Å². The maximum atomic E-state index is 12.5. The van der Waals surface area contributed by atoms with Gasteiger partial charge in [0.05, 0.1) is 11.4 Å². The van der Waals surface area contributed by atoms with Crippen LogP contribution >= 0.6 is 0 Å². The van der Waals surface area contributed by atoms with Crippen LogP contribution in [-0.4, -0.2) is 41.1 Å². The highest BCUT2D eigenvalue weighted by atomic mass is 32.2. The molecule has 1 fully saturated rings. The first-order chi connectivity index (χ1) is 11.7. The molecule has 128 valence electrons. The van der Waals surface area contributed by atoms with Gasteiger partial charge in [-0.1, -0.05) is 48.5 Å². The minimum absolute atomic E-state index is 0.137. The molecule has 0 unspecified atom stereocenters. The van der Waals surface area contributed by atoms with Crippen molar-refractivity contribution in [3.8, 4) is 0 Å². The predicted octanol–water partition coefficient (Wildman–Crippen LogP) is -0.832. The lowest BCUT2D eigenvalue weighted by molar-refractivity contribution is -0.971. The zero-order valence-corrected chi connectivity index (χ0v) is 14.5. The fourth-order valence-electron chi connectivity index (χ4n) is 3.25. The van der Waals surface area contributed by atoms with Crippen LogP contribution in [0.25, 0.3) is 0 Å². The third kappa shape index (κ3) is 4.21. The molecule has 1 aliphatic heterocycles. The molecule has 1 saturated heterocycles. The summed E-state index contributed by atoms with van der Waals surface area (Å²) in [4.78, 5) is 1.76. The Bertz CT molecular complexity index is 729. The van der Waals surface area contributed by atoms with Crippen LogP contribution in [0.2, 0.25) is 0 Å². The highest BCUT2D eigenvalue weighted by Crippen LogP contribution is 2.11. The lowest BCUT2D eigenvalue weighted by Gasteiger charge is -2.30. The summed E-state index contributed by atoms with van der Waals surface area (Å²) < 4.78 is 27.9. The number of quaternary nitrogens is 2. The third-order valence-electron chi connectivity index (χ3n) is 4.56. The van der Waals surface area contributed by atoms with Crippen molar-refractivity contribution >= 4 is 10.0 Å². The highest BCUT2D eigenvalue weighted by molar-refractivity contribution is 7.89. The van der Waals surface area contributed by atoms with Crippen LogP contribution in [0.5, 0.6) is 0 Å². The Balaban J connectivity index is 1.77. The largest absolute Gasteiger partial charge is 0.337 e. The smallest absolute Gasteiger partial charge is 0.240 e. The van der Waals surface area contributed by atoms with Gasteiger partial charge in [-0.3, -0.25) is 0 Å². The van der Waals surface area contributed by atoms with Crippen molar-refractivity contribution in [3.63, 3.8) is 0 Å². The van der Waals surface area contributed by atoms with Gasteiger partial charge in [0, 0.05) is 5.56 Å². The van der Waals surface area contributed by atoms with Gasteiger partial charge in [-0.05, 0) is 12.1 Å². The molecule has 2 aromatic rings. The molecule has 0 radical (unpaired) electrons. The zero-order valence-electron chi connectivity index (χ0n) is 13.7. The normalized spacial score (nSPS) is 17.5. The van der Waals surface area contributed by atoms with Gasteiger partial charge in [0.2, 0.25) is 10.0 Å². The maximum Gasteiger partial charge on any atom is 0.240 e. The minimum Gasteiger partial charge on any atom is -0.337 e. The summed E-state index contributed by atoms with van der Waals surface area (Å²) in [6.07, 6.45) is 0. The monoisotopic (exact) mass is 347 g/mol. The van der Waals surface area contributed by atoms with E-state index in [-0.39, 0.29) is 6.04 Å². The van der Waals surface area contributed by atoms with E-state index in [1.165, 1.54) is 10.5 Å². The predicted molar refractivity (Wildman–Crippen MR) is 93.2 cm³/mol. The molecule has 0 aromatic heterocycles. The Morgan fingerprint density at radius 2 is 1.54 bits per heavy atom. The zero-order chi connectivity index (χ0) is 16.8. The Hall–Kier alpha value is -1.73. The number of nitrogens with two attached hydrogens (primary N) is 1. The number of hydrogen-bond donors (Lipinski definition) is 3. The number of sulfonamides is 1. The Labute approximate surface area is 143 Å². The molecule has 1 aliphatic rings. The van der Waals surface area contributed by atoms with E-state index in [1.54, 1.807) is 24.3 Å². The molecule has 0 amide bonds. The number of piperazine rings is 1. The first-order valence-corrected chi connectivity index (χ1v) is 9.91. The van der Waals surface area contributed by atoms with E-state index < -0.39 is 10.0 Å². The summed E-state index contributed by atoms with van der Waals surface area (Å²) in [5.74, 6) is 0. The second-order valence-corrected chi connectivity index (χ2v) is 7.92. The standard InChI is InChI=1S/C18H23N3O2S/c22-24(23,17-9-5-2-6-10-17)20-15-18(16-7-3-1-4-8-16)21-13-11-19-12-14-21/h1-10,18-20H,11-15H2/p+2/t18-/m0/s1. The van der Waals surface area contributed by atoms with Gasteiger partial charge in [0.15, 0.2) is 0 Å². The molecule has 0 aliphatic carbocycles. The van der Waals surface area contributed by atoms with Gasteiger partial charge in [-0.25, -0.2) is 13.1 Å². The average molecular weight is 347 g/mol. The summed E-state index contributed by atoms with van der Waals surface area (Å²) >= 11 is 0. The summed E-state index contributed by atoms with van der Waals surface area (Å²) in [7, 11) is -3.47. The van der Waals surface area contributed by atoms with E-state index in [0.717, 1.165) is 26.2 Å². The Morgan fingerprint density at radius 3 is 2.17 bits per heavy atom. The maximum absolute atomic E-state index is 12.5. The molecule has 0 saturated carbocycles. The molecule has 24 heavy (non-hydrogen) atoms. The van der Waals surface area contributed by atoms with Crippen LogP contribution in [-0.2, 0) is 10.0 Å². The van der Waals surface area contributed by atoms with Gasteiger partial charge in [0.1, 0.15) is 32.2 Å². The average Bonchev–Trinajstić information content (AvgIpc) is 2.64. The fraction of sp³-hybridized carbons (Fsp3) is 0.333. The molecule has 0 spiro atoms. The van der Waals surface area contributed by atoms with Crippen molar-refractivity contribution in [1.29, 1.82) is 0 Å². The van der Waals surface area contributed by atoms with Crippen molar-refractivity contribution in [2.24, 2.45) is 0 Å². The van der Waals surface area contributed by atoms with E-state index in [9.17, 15) is 8.42 Å². The van der Waals surface area contributed by atoms with E-state index in [4.69, 9.17) is 0 Å². The first-order valence-electron chi connectivity index (χ1n) is 8.43.